The molecular formula is C22H22BrNO7. The van der Waals surface area contributed by atoms with Crippen LogP contribution in [0.25, 0.3) is 0 Å². The lowest BCUT2D eigenvalue weighted by atomic mass is 10.2. The van der Waals surface area contributed by atoms with Gasteiger partial charge in [-0.2, -0.15) is 0 Å². The van der Waals surface area contributed by atoms with Gasteiger partial charge in [-0.15, -0.1) is 0 Å². The standard InChI is InChI=1S/C22H22BrNO7/c23-17-10-19-20(29-9-8-28-19)11-18(17)24-21(25)13-31-22(26)14-3-5-15(6-4-14)30-12-16-2-1-7-27-16/h3-6,10-11,16H,1-2,7-9,12-13H2,(H,24,25)/t16-/m0/s1. The first-order chi connectivity index (χ1) is 15.1. The molecule has 2 aromatic carbocycles. The maximum atomic E-state index is 12.2. The highest BCUT2D eigenvalue weighted by atomic mass is 79.9. The van der Waals surface area contributed by atoms with E-state index in [-0.39, 0.29) is 6.10 Å². The number of halogens is 1. The third-order valence-electron chi connectivity index (χ3n) is 4.79. The number of anilines is 1. The van der Waals surface area contributed by atoms with Gasteiger partial charge in [0.1, 0.15) is 25.6 Å². The van der Waals surface area contributed by atoms with E-state index in [9.17, 15) is 9.59 Å². The van der Waals surface area contributed by atoms with Crippen molar-refractivity contribution in [2.75, 3.05) is 38.4 Å². The molecular weight excluding hydrogens is 470 g/mol. The van der Waals surface area contributed by atoms with E-state index in [1.165, 1.54) is 0 Å². The largest absolute Gasteiger partial charge is 0.491 e. The van der Waals surface area contributed by atoms with Gasteiger partial charge in [0.25, 0.3) is 5.91 Å². The Morgan fingerprint density at radius 3 is 2.52 bits per heavy atom. The molecule has 2 aromatic rings. The molecule has 2 aliphatic heterocycles. The molecule has 4 rings (SSSR count). The van der Waals surface area contributed by atoms with Gasteiger partial charge in [-0.3, -0.25) is 4.79 Å². The Morgan fingerprint density at radius 1 is 1.06 bits per heavy atom. The zero-order valence-corrected chi connectivity index (χ0v) is 18.3. The molecule has 9 heteroatoms. The van der Waals surface area contributed by atoms with Crippen LogP contribution in [0.1, 0.15) is 23.2 Å². The number of carbonyl (C=O) groups excluding carboxylic acids is 2. The fourth-order valence-electron chi connectivity index (χ4n) is 3.21. The van der Waals surface area contributed by atoms with Crippen LogP contribution in [0.2, 0.25) is 0 Å². The Kier molecular flexibility index (Phi) is 6.93. The second-order valence-corrected chi connectivity index (χ2v) is 7.92. The van der Waals surface area contributed by atoms with Crippen molar-refractivity contribution in [1.82, 2.24) is 0 Å². The first kappa shape index (κ1) is 21.5. The second-order valence-electron chi connectivity index (χ2n) is 7.07. The predicted octanol–water partition coefficient (Wildman–Crippen LogP) is 3.57. The first-order valence-electron chi connectivity index (χ1n) is 9.99. The number of hydrogen-bond donors (Lipinski definition) is 1. The van der Waals surface area contributed by atoms with Crippen molar-refractivity contribution >= 4 is 33.5 Å². The summed E-state index contributed by atoms with van der Waals surface area (Å²) in [5, 5.41) is 2.69. The van der Waals surface area contributed by atoms with Gasteiger partial charge < -0.3 is 29.0 Å². The Morgan fingerprint density at radius 2 is 1.81 bits per heavy atom. The van der Waals surface area contributed by atoms with Crippen molar-refractivity contribution in [3.63, 3.8) is 0 Å². The molecule has 1 atom stereocenters. The first-order valence-corrected chi connectivity index (χ1v) is 10.8. The summed E-state index contributed by atoms with van der Waals surface area (Å²) in [6, 6.07) is 9.97. The topological polar surface area (TPSA) is 92.3 Å². The van der Waals surface area contributed by atoms with Crippen LogP contribution < -0.4 is 19.5 Å². The molecule has 0 unspecified atom stereocenters. The maximum absolute atomic E-state index is 12.2. The number of hydrogen-bond acceptors (Lipinski definition) is 7. The van der Waals surface area contributed by atoms with Crippen LogP contribution in [-0.2, 0) is 14.3 Å². The zero-order valence-electron chi connectivity index (χ0n) is 16.7. The molecule has 2 aliphatic rings. The van der Waals surface area contributed by atoms with Crippen LogP contribution >= 0.6 is 15.9 Å². The number of benzene rings is 2. The minimum Gasteiger partial charge on any atom is -0.491 e. The second kappa shape index (κ2) is 10.0. The number of esters is 1. The minimum atomic E-state index is -0.595. The van der Waals surface area contributed by atoms with Crippen molar-refractivity contribution in [1.29, 1.82) is 0 Å². The molecule has 31 heavy (non-hydrogen) atoms. The molecule has 0 aliphatic carbocycles. The molecule has 1 saturated heterocycles. The summed E-state index contributed by atoms with van der Waals surface area (Å²) in [4.78, 5) is 24.5. The summed E-state index contributed by atoms with van der Waals surface area (Å²) in [5.74, 6) is 0.729. The van der Waals surface area contributed by atoms with Crippen LogP contribution in [-0.4, -0.2) is 51.0 Å². The smallest absolute Gasteiger partial charge is 0.338 e. The third kappa shape index (κ3) is 5.68. The van der Waals surface area contributed by atoms with Gasteiger partial charge in [0.2, 0.25) is 0 Å². The van der Waals surface area contributed by atoms with Crippen LogP contribution in [0.5, 0.6) is 17.2 Å². The lowest BCUT2D eigenvalue weighted by Crippen LogP contribution is -2.21. The summed E-state index contributed by atoms with van der Waals surface area (Å²) >= 11 is 3.38. The highest BCUT2D eigenvalue weighted by Crippen LogP contribution is 2.38. The monoisotopic (exact) mass is 491 g/mol. The van der Waals surface area contributed by atoms with Gasteiger partial charge in [-0.05, 0) is 53.0 Å². The van der Waals surface area contributed by atoms with Crippen molar-refractivity contribution in [3.05, 3.63) is 46.4 Å². The Balaban J connectivity index is 1.26. The summed E-state index contributed by atoms with van der Waals surface area (Å²) < 4.78 is 27.9. The quantitative estimate of drug-likeness (QED) is 0.591. The van der Waals surface area contributed by atoms with Crippen LogP contribution in [0.3, 0.4) is 0 Å². The molecule has 0 aromatic heterocycles. The number of nitrogens with one attached hydrogen (secondary N) is 1. The fraction of sp³-hybridized carbons (Fsp3) is 0.364. The number of carbonyl (C=O) groups is 2. The molecule has 0 bridgehead atoms. The maximum Gasteiger partial charge on any atom is 0.338 e. The van der Waals surface area contributed by atoms with E-state index in [2.05, 4.69) is 21.2 Å². The predicted molar refractivity (Wildman–Crippen MR) is 115 cm³/mol. The molecule has 164 valence electrons. The van der Waals surface area contributed by atoms with Gasteiger partial charge in [0.15, 0.2) is 18.1 Å². The number of rotatable bonds is 7. The van der Waals surface area contributed by atoms with E-state index >= 15 is 0 Å². The van der Waals surface area contributed by atoms with E-state index in [1.807, 2.05) is 0 Å². The molecule has 2 heterocycles. The normalized spacial score (nSPS) is 17.1. The number of ether oxygens (including phenoxy) is 5. The SMILES string of the molecule is O=C(COC(=O)c1ccc(OC[C@@H]2CCCO2)cc1)Nc1cc2c(cc1Br)OCCO2. The molecule has 0 radical (unpaired) electrons. The van der Waals surface area contributed by atoms with Gasteiger partial charge in [-0.25, -0.2) is 4.79 Å². The van der Waals surface area contributed by atoms with E-state index in [4.69, 9.17) is 23.7 Å². The van der Waals surface area contributed by atoms with Crippen molar-refractivity contribution in [3.8, 4) is 17.2 Å². The molecule has 0 saturated carbocycles. The Bertz CT molecular complexity index is 942. The van der Waals surface area contributed by atoms with Gasteiger partial charge in [0.05, 0.1) is 17.4 Å². The molecule has 1 amide bonds. The molecule has 8 nitrogen and oxygen atoms in total. The van der Waals surface area contributed by atoms with Crippen LogP contribution in [0, 0.1) is 0 Å². The van der Waals surface area contributed by atoms with Crippen LogP contribution in [0.15, 0.2) is 40.9 Å². The van der Waals surface area contributed by atoms with E-state index in [1.54, 1.807) is 36.4 Å². The Labute approximate surface area is 187 Å². The van der Waals surface area contributed by atoms with E-state index in [0.29, 0.717) is 52.8 Å². The molecule has 1 N–H and O–H groups in total. The highest BCUT2D eigenvalue weighted by Gasteiger charge is 2.18. The third-order valence-corrected chi connectivity index (χ3v) is 5.45. The number of amides is 1. The van der Waals surface area contributed by atoms with Gasteiger partial charge in [-0.1, -0.05) is 0 Å². The number of fused-ring (bicyclic) bond motifs is 1. The average molecular weight is 492 g/mol. The van der Waals surface area contributed by atoms with Gasteiger partial charge in [0, 0.05) is 23.2 Å². The summed E-state index contributed by atoms with van der Waals surface area (Å²) in [5.41, 5.74) is 0.829. The van der Waals surface area contributed by atoms with Crippen molar-refractivity contribution in [2.45, 2.75) is 18.9 Å². The Hall–Kier alpha value is -2.78. The average Bonchev–Trinajstić information content (AvgIpc) is 3.31. The summed E-state index contributed by atoms with van der Waals surface area (Å²) in [6.07, 6.45) is 2.17. The van der Waals surface area contributed by atoms with Crippen LogP contribution in [0.4, 0.5) is 5.69 Å². The lowest BCUT2D eigenvalue weighted by molar-refractivity contribution is -0.119. The zero-order chi connectivity index (χ0) is 21.6. The highest BCUT2D eigenvalue weighted by molar-refractivity contribution is 9.10. The molecule has 0 spiro atoms. The molecule has 1 fully saturated rings. The van der Waals surface area contributed by atoms with Crippen molar-refractivity contribution in [2.24, 2.45) is 0 Å². The van der Waals surface area contributed by atoms with E-state index in [0.717, 1.165) is 19.4 Å². The lowest BCUT2D eigenvalue weighted by Gasteiger charge is -2.20. The minimum absolute atomic E-state index is 0.123. The van der Waals surface area contributed by atoms with Gasteiger partial charge >= 0.3 is 5.97 Å². The summed E-state index contributed by atoms with van der Waals surface area (Å²) in [7, 11) is 0. The van der Waals surface area contributed by atoms with Crippen molar-refractivity contribution < 1.29 is 33.3 Å². The fourth-order valence-corrected chi connectivity index (χ4v) is 3.63. The van der Waals surface area contributed by atoms with E-state index < -0.39 is 18.5 Å². The summed E-state index contributed by atoms with van der Waals surface area (Å²) in [6.45, 7) is 1.76.